The van der Waals surface area contributed by atoms with Gasteiger partial charge in [0.1, 0.15) is 11.3 Å². The highest BCUT2D eigenvalue weighted by molar-refractivity contribution is 7.89. The lowest BCUT2D eigenvalue weighted by molar-refractivity contribution is 0.474. The Hall–Kier alpha value is -2.38. The zero-order valence-corrected chi connectivity index (χ0v) is 12.8. The first-order chi connectivity index (χ1) is 10.4. The summed E-state index contributed by atoms with van der Waals surface area (Å²) in [5.74, 6) is 0.469. The Bertz CT molecular complexity index is 928. The fourth-order valence-electron chi connectivity index (χ4n) is 2.02. The number of phenolic OH excluding ortho intramolecular Hbond substituents is 1. The van der Waals surface area contributed by atoms with Crippen LogP contribution in [0.4, 0.5) is 0 Å². The van der Waals surface area contributed by atoms with Crippen molar-refractivity contribution in [3.8, 4) is 17.2 Å². The van der Waals surface area contributed by atoms with Crippen molar-refractivity contribution in [1.82, 2.24) is 9.29 Å². The molecule has 0 bridgehead atoms. The molecule has 0 spiro atoms. The topological polar surface area (TPSA) is 83.6 Å². The molecule has 1 heterocycles. The van der Waals surface area contributed by atoms with Crippen LogP contribution in [0.3, 0.4) is 0 Å². The highest BCUT2D eigenvalue weighted by atomic mass is 32.2. The molecule has 0 amide bonds. The van der Waals surface area contributed by atoms with Gasteiger partial charge in [-0.15, -0.1) is 0 Å². The first-order valence-electron chi connectivity index (χ1n) is 6.50. The van der Waals surface area contributed by atoms with Crippen LogP contribution in [0.25, 0.3) is 22.6 Å². The van der Waals surface area contributed by atoms with E-state index in [4.69, 9.17) is 4.42 Å². The predicted octanol–water partition coefficient (Wildman–Crippen LogP) is 2.45. The van der Waals surface area contributed by atoms with E-state index in [0.717, 1.165) is 4.31 Å². The van der Waals surface area contributed by atoms with Crippen LogP contribution in [-0.4, -0.2) is 36.9 Å². The second kappa shape index (κ2) is 5.11. The van der Waals surface area contributed by atoms with Crippen molar-refractivity contribution < 1.29 is 17.9 Å². The number of oxazole rings is 1. The van der Waals surface area contributed by atoms with Crippen LogP contribution >= 0.6 is 0 Å². The Morgan fingerprint density at radius 2 is 1.77 bits per heavy atom. The second-order valence-electron chi connectivity index (χ2n) is 4.98. The molecule has 0 aliphatic rings. The van der Waals surface area contributed by atoms with Crippen LogP contribution in [0.2, 0.25) is 0 Å². The van der Waals surface area contributed by atoms with Gasteiger partial charge in [0.05, 0.1) is 4.90 Å². The molecule has 0 aliphatic heterocycles. The molecular weight excluding hydrogens is 304 g/mol. The number of hydrogen-bond donors (Lipinski definition) is 1. The van der Waals surface area contributed by atoms with Crippen LogP contribution in [0.15, 0.2) is 51.8 Å². The van der Waals surface area contributed by atoms with Crippen molar-refractivity contribution in [3.63, 3.8) is 0 Å². The van der Waals surface area contributed by atoms with Crippen molar-refractivity contribution in [1.29, 1.82) is 0 Å². The number of sulfonamides is 1. The van der Waals surface area contributed by atoms with Gasteiger partial charge in [0.25, 0.3) is 0 Å². The molecule has 1 N–H and O–H groups in total. The molecule has 1 aromatic heterocycles. The predicted molar refractivity (Wildman–Crippen MR) is 82.0 cm³/mol. The van der Waals surface area contributed by atoms with Gasteiger partial charge in [0.15, 0.2) is 5.58 Å². The lowest BCUT2D eigenvalue weighted by Gasteiger charge is -2.11. The van der Waals surface area contributed by atoms with Gasteiger partial charge in [0, 0.05) is 25.7 Å². The zero-order chi connectivity index (χ0) is 15.9. The van der Waals surface area contributed by atoms with Gasteiger partial charge >= 0.3 is 0 Å². The summed E-state index contributed by atoms with van der Waals surface area (Å²) < 4.78 is 30.8. The van der Waals surface area contributed by atoms with Crippen LogP contribution in [0.1, 0.15) is 0 Å². The molecule has 0 unspecified atom stereocenters. The number of hydrogen-bond acceptors (Lipinski definition) is 5. The van der Waals surface area contributed by atoms with Crippen molar-refractivity contribution in [2.45, 2.75) is 4.90 Å². The molecule has 0 saturated heterocycles. The van der Waals surface area contributed by atoms with E-state index in [0.29, 0.717) is 22.6 Å². The van der Waals surface area contributed by atoms with Gasteiger partial charge in [0.2, 0.25) is 15.9 Å². The Kier molecular flexibility index (Phi) is 3.38. The molecule has 3 rings (SSSR count). The van der Waals surface area contributed by atoms with E-state index in [1.807, 2.05) is 0 Å². The van der Waals surface area contributed by atoms with Gasteiger partial charge in [-0.3, -0.25) is 0 Å². The monoisotopic (exact) mass is 318 g/mol. The fraction of sp³-hybridized carbons (Fsp3) is 0.133. The molecule has 6 nitrogen and oxygen atoms in total. The molecule has 22 heavy (non-hydrogen) atoms. The number of phenols is 1. The van der Waals surface area contributed by atoms with Crippen molar-refractivity contribution in [3.05, 3.63) is 42.5 Å². The summed E-state index contributed by atoms with van der Waals surface area (Å²) in [5.41, 5.74) is 1.76. The molecule has 2 aromatic carbocycles. The molecule has 0 saturated carbocycles. The molecule has 7 heteroatoms. The fourth-order valence-corrected chi connectivity index (χ4v) is 2.92. The number of rotatable bonds is 3. The lowest BCUT2D eigenvalue weighted by Crippen LogP contribution is -2.22. The summed E-state index contributed by atoms with van der Waals surface area (Å²) in [5, 5.41) is 9.43. The van der Waals surface area contributed by atoms with Crippen molar-refractivity contribution in [2.75, 3.05) is 14.1 Å². The Balaban J connectivity index is 2.01. The van der Waals surface area contributed by atoms with E-state index >= 15 is 0 Å². The SMILES string of the molecule is CN(C)S(=O)(=O)c1ccc(-c2nc3ccc(O)cc3o2)cc1. The summed E-state index contributed by atoms with van der Waals surface area (Å²) in [7, 11) is -0.492. The maximum Gasteiger partial charge on any atom is 0.242 e. The first-order valence-corrected chi connectivity index (χ1v) is 7.94. The van der Waals surface area contributed by atoms with E-state index < -0.39 is 10.0 Å². The highest BCUT2D eigenvalue weighted by Crippen LogP contribution is 2.27. The van der Waals surface area contributed by atoms with Gasteiger partial charge in [-0.1, -0.05) is 0 Å². The van der Waals surface area contributed by atoms with Gasteiger partial charge in [-0.05, 0) is 36.4 Å². The maximum atomic E-state index is 12.0. The molecule has 0 fully saturated rings. The average molecular weight is 318 g/mol. The largest absolute Gasteiger partial charge is 0.508 e. The van der Waals surface area contributed by atoms with E-state index in [-0.39, 0.29) is 10.6 Å². The number of aromatic nitrogens is 1. The standard InChI is InChI=1S/C15H14N2O4S/c1-17(2)22(19,20)12-6-3-10(4-7-12)15-16-13-8-5-11(18)9-14(13)21-15/h3-9,18H,1-2H3. The smallest absolute Gasteiger partial charge is 0.242 e. The number of fused-ring (bicyclic) bond motifs is 1. The first kappa shape index (κ1) is 14.6. The molecule has 0 atom stereocenters. The van der Waals surface area contributed by atoms with Gasteiger partial charge in [-0.2, -0.15) is 0 Å². The minimum absolute atomic E-state index is 0.0997. The third-order valence-electron chi connectivity index (χ3n) is 3.25. The average Bonchev–Trinajstić information content (AvgIpc) is 2.90. The van der Waals surface area contributed by atoms with Crippen LogP contribution in [-0.2, 0) is 10.0 Å². The van der Waals surface area contributed by atoms with Gasteiger partial charge in [-0.25, -0.2) is 17.7 Å². The molecular formula is C15H14N2O4S. The normalized spacial score (nSPS) is 12.1. The molecule has 3 aromatic rings. The zero-order valence-electron chi connectivity index (χ0n) is 12.0. The molecule has 114 valence electrons. The Labute approximate surface area is 127 Å². The summed E-state index contributed by atoms with van der Waals surface area (Å²) >= 11 is 0. The highest BCUT2D eigenvalue weighted by Gasteiger charge is 2.17. The van der Waals surface area contributed by atoms with E-state index in [2.05, 4.69) is 4.98 Å². The second-order valence-corrected chi connectivity index (χ2v) is 7.13. The summed E-state index contributed by atoms with van der Waals surface area (Å²) in [4.78, 5) is 4.52. The summed E-state index contributed by atoms with van der Waals surface area (Å²) in [6.45, 7) is 0. The minimum atomic E-state index is -3.46. The summed E-state index contributed by atoms with van der Waals surface area (Å²) in [6, 6.07) is 11.0. The van der Waals surface area contributed by atoms with Gasteiger partial charge < -0.3 is 9.52 Å². The summed E-state index contributed by atoms with van der Waals surface area (Å²) in [6.07, 6.45) is 0. The quantitative estimate of drug-likeness (QED) is 0.802. The van der Waals surface area contributed by atoms with E-state index in [9.17, 15) is 13.5 Å². The Morgan fingerprint density at radius 3 is 2.41 bits per heavy atom. The van der Waals surface area contributed by atoms with Crippen molar-refractivity contribution in [2.24, 2.45) is 0 Å². The molecule has 0 radical (unpaired) electrons. The van der Waals surface area contributed by atoms with Crippen LogP contribution in [0, 0.1) is 0 Å². The Morgan fingerprint density at radius 1 is 1.09 bits per heavy atom. The van der Waals surface area contributed by atoms with Crippen molar-refractivity contribution >= 4 is 21.1 Å². The number of benzene rings is 2. The maximum absolute atomic E-state index is 12.0. The van der Waals surface area contributed by atoms with E-state index in [1.54, 1.807) is 18.2 Å². The number of nitrogens with zero attached hydrogens (tertiary/aromatic N) is 2. The third kappa shape index (κ3) is 2.44. The van der Waals surface area contributed by atoms with E-state index in [1.165, 1.54) is 38.4 Å². The molecule has 0 aliphatic carbocycles. The van der Waals surface area contributed by atoms with Crippen LogP contribution < -0.4 is 0 Å². The lowest BCUT2D eigenvalue weighted by atomic mass is 10.2. The minimum Gasteiger partial charge on any atom is -0.508 e. The number of aromatic hydroxyl groups is 1. The van der Waals surface area contributed by atoms with Crippen LogP contribution in [0.5, 0.6) is 5.75 Å². The third-order valence-corrected chi connectivity index (χ3v) is 5.08.